The molecule has 0 spiro atoms. The van der Waals surface area contributed by atoms with E-state index < -0.39 is 42.9 Å². The van der Waals surface area contributed by atoms with Crippen LogP contribution in [0.5, 0.6) is 0 Å². The van der Waals surface area contributed by atoms with Gasteiger partial charge < -0.3 is 40.1 Å². The first-order valence-electron chi connectivity index (χ1n) is 17.7. The molecule has 6 rings (SSSR count). The Balaban J connectivity index is 1.26. The highest BCUT2D eigenvalue weighted by Gasteiger charge is 2.71. The summed E-state index contributed by atoms with van der Waals surface area (Å²) < 4.78 is 12.3. The van der Waals surface area contributed by atoms with Gasteiger partial charge in [-0.3, -0.25) is 0 Å². The maximum Gasteiger partial charge on any atom is 0.186 e. The number of hydrogen-bond acceptors (Lipinski definition) is 8. The highest BCUT2D eigenvalue weighted by atomic mass is 16.7. The Bertz CT molecular complexity index is 1080. The summed E-state index contributed by atoms with van der Waals surface area (Å²) in [4.78, 5) is 0. The Morgan fingerprint density at radius 3 is 2.07 bits per heavy atom. The minimum absolute atomic E-state index is 0.0715. The molecule has 5 saturated carbocycles. The van der Waals surface area contributed by atoms with E-state index in [0.29, 0.717) is 23.7 Å². The number of ether oxygens (including phenoxy) is 2. The number of fused-ring (bicyclic) bond motifs is 7. The standard InChI is InChI=1S/C36H62O8/c1-20-26-21-8-9-24-32(4)12-11-25(44-30-29(41)28(40)27(39)22(18-37)43-30)31(2,3)23(32)10-13-34(24,6)33(21,5)14-16-36(26,19-38)17-15-35(20,7)42/h20-30,37-42H,8-19H2,1-7H3/t20-,21+,22+,23-,24+,25-,26-,27+,28-,29+,30-,32-,33+,34+,35-,36-/m0/s1. The number of rotatable bonds is 4. The molecule has 6 fully saturated rings. The lowest BCUT2D eigenvalue weighted by molar-refractivity contribution is -0.332. The fraction of sp³-hybridized carbons (Fsp3) is 1.00. The Morgan fingerprint density at radius 1 is 0.727 bits per heavy atom. The zero-order valence-corrected chi connectivity index (χ0v) is 28.3. The van der Waals surface area contributed by atoms with Crippen LogP contribution < -0.4 is 0 Å². The Labute approximate surface area is 264 Å². The van der Waals surface area contributed by atoms with E-state index in [-0.39, 0.29) is 45.7 Å². The van der Waals surface area contributed by atoms with Gasteiger partial charge in [-0.2, -0.15) is 0 Å². The van der Waals surface area contributed by atoms with Crippen molar-refractivity contribution in [2.75, 3.05) is 13.2 Å². The SMILES string of the molecule is C[C@H]1[C@H]2[C@H]3CC[C@@H]4[C@@]5(C)CC[C@H](O[C@@H]6O[C@H](CO)[C@@H](O)[C@H](O)[C@H]6O)C(C)(C)[C@@H]5CC[C@@]4(C)[C@]3(C)CC[C@@]2(CO)CC[C@]1(C)O. The molecule has 0 aromatic rings. The molecule has 0 aromatic carbocycles. The summed E-state index contributed by atoms with van der Waals surface area (Å²) in [6.07, 6.45) is 3.78. The second kappa shape index (κ2) is 10.8. The number of aliphatic hydroxyl groups is 6. The van der Waals surface area contributed by atoms with Crippen molar-refractivity contribution in [1.82, 2.24) is 0 Å². The van der Waals surface area contributed by atoms with Gasteiger partial charge in [0.05, 0.1) is 18.3 Å². The van der Waals surface area contributed by atoms with E-state index in [1.807, 2.05) is 6.92 Å². The van der Waals surface area contributed by atoms with E-state index in [4.69, 9.17) is 9.47 Å². The summed E-state index contributed by atoms with van der Waals surface area (Å²) in [7, 11) is 0. The molecule has 8 nitrogen and oxygen atoms in total. The molecule has 0 aromatic heterocycles. The van der Waals surface area contributed by atoms with E-state index in [9.17, 15) is 30.6 Å². The van der Waals surface area contributed by atoms with Crippen molar-refractivity contribution in [2.45, 2.75) is 155 Å². The van der Waals surface area contributed by atoms with Crippen LogP contribution in [0.3, 0.4) is 0 Å². The molecule has 6 N–H and O–H groups in total. The van der Waals surface area contributed by atoms with Crippen LogP contribution in [-0.4, -0.2) is 86.3 Å². The molecule has 8 heteroatoms. The van der Waals surface area contributed by atoms with E-state index in [0.717, 1.165) is 57.8 Å². The highest BCUT2D eigenvalue weighted by Crippen LogP contribution is 2.77. The van der Waals surface area contributed by atoms with Gasteiger partial charge in [-0.05, 0) is 128 Å². The smallest absolute Gasteiger partial charge is 0.186 e. The van der Waals surface area contributed by atoms with Crippen molar-refractivity contribution < 1.29 is 40.1 Å². The zero-order valence-electron chi connectivity index (χ0n) is 28.3. The van der Waals surface area contributed by atoms with E-state index >= 15 is 0 Å². The molecular weight excluding hydrogens is 560 g/mol. The molecule has 1 heterocycles. The quantitative estimate of drug-likeness (QED) is 0.259. The fourth-order valence-electron chi connectivity index (χ4n) is 13.2. The summed E-state index contributed by atoms with van der Waals surface area (Å²) in [5, 5.41) is 63.4. The topological polar surface area (TPSA) is 140 Å². The van der Waals surface area contributed by atoms with Crippen molar-refractivity contribution >= 4 is 0 Å². The fourth-order valence-corrected chi connectivity index (χ4v) is 13.2. The molecule has 6 aliphatic rings. The monoisotopic (exact) mass is 622 g/mol. The Hall–Kier alpha value is -0.320. The molecule has 0 bridgehead atoms. The van der Waals surface area contributed by atoms with E-state index in [1.54, 1.807) is 0 Å². The summed E-state index contributed by atoms with van der Waals surface area (Å²) >= 11 is 0. The Kier molecular flexibility index (Phi) is 8.28. The predicted molar refractivity (Wildman–Crippen MR) is 166 cm³/mol. The summed E-state index contributed by atoms with van der Waals surface area (Å²) in [6, 6.07) is 0. The average Bonchev–Trinajstić information content (AvgIpc) is 2.97. The predicted octanol–water partition coefficient (Wildman–Crippen LogP) is 4.02. The molecule has 0 unspecified atom stereocenters. The van der Waals surface area contributed by atoms with Crippen LogP contribution in [0.1, 0.15) is 113 Å². The van der Waals surface area contributed by atoms with Gasteiger partial charge in [0.15, 0.2) is 6.29 Å². The number of hydrogen-bond donors (Lipinski definition) is 6. The molecule has 254 valence electrons. The molecule has 44 heavy (non-hydrogen) atoms. The maximum absolute atomic E-state index is 11.5. The largest absolute Gasteiger partial charge is 0.396 e. The summed E-state index contributed by atoms with van der Waals surface area (Å²) in [5.41, 5.74) is -0.547. The van der Waals surface area contributed by atoms with Crippen LogP contribution in [0.15, 0.2) is 0 Å². The molecule has 1 saturated heterocycles. The minimum atomic E-state index is -1.44. The third-order valence-electron chi connectivity index (χ3n) is 16.3. The normalized spacial score (nSPS) is 58.7. The molecule has 16 atom stereocenters. The van der Waals surface area contributed by atoms with Crippen LogP contribution in [-0.2, 0) is 9.47 Å². The lowest BCUT2D eigenvalue weighted by Gasteiger charge is -2.74. The maximum atomic E-state index is 11.5. The van der Waals surface area contributed by atoms with Crippen molar-refractivity contribution in [1.29, 1.82) is 0 Å². The number of aliphatic hydroxyl groups excluding tert-OH is 5. The molecule has 1 aliphatic heterocycles. The van der Waals surface area contributed by atoms with Gasteiger partial charge in [0.2, 0.25) is 0 Å². The molecule has 0 radical (unpaired) electrons. The second-order valence-electron chi connectivity index (χ2n) is 18.0. The van der Waals surface area contributed by atoms with E-state index in [2.05, 4.69) is 41.5 Å². The van der Waals surface area contributed by atoms with Gasteiger partial charge in [-0.1, -0.05) is 41.5 Å². The van der Waals surface area contributed by atoms with Gasteiger partial charge in [0.25, 0.3) is 0 Å². The third-order valence-corrected chi connectivity index (χ3v) is 16.3. The van der Waals surface area contributed by atoms with Crippen LogP contribution in [0.2, 0.25) is 0 Å². The molecular formula is C36H62O8. The minimum Gasteiger partial charge on any atom is -0.396 e. The lowest BCUT2D eigenvalue weighted by Crippen LogP contribution is -2.69. The second-order valence-corrected chi connectivity index (χ2v) is 18.0. The van der Waals surface area contributed by atoms with Crippen LogP contribution in [0.25, 0.3) is 0 Å². The zero-order chi connectivity index (χ0) is 32.3. The first-order valence-corrected chi connectivity index (χ1v) is 17.7. The first kappa shape index (κ1) is 33.6. The average molecular weight is 623 g/mol. The highest BCUT2D eigenvalue weighted by molar-refractivity contribution is 5.20. The van der Waals surface area contributed by atoms with Gasteiger partial charge in [0, 0.05) is 6.61 Å². The van der Waals surface area contributed by atoms with Crippen molar-refractivity contribution in [3.63, 3.8) is 0 Å². The van der Waals surface area contributed by atoms with E-state index in [1.165, 1.54) is 6.42 Å². The van der Waals surface area contributed by atoms with Crippen molar-refractivity contribution in [2.24, 2.45) is 56.7 Å². The van der Waals surface area contributed by atoms with Gasteiger partial charge >= 0.3 is 0 Å². The Morgan fingerprint density at radius 2 is 1.41 bits per heavy atom. The van der Waals surface area contributed by atoms with Crippen molar-refractivity contribution in [3.8, 4) is 0 Å². The van der Waals surface area contributed by atoms with Gasteiger partial charge in [-0.15, -0.1) is 0 Å². The summed E-state index contributed by atoms with van der Waals surface area (Å²) in [5.74, 6) is 1.95. The molecule has 5 aliphatic carbocycles. The third kappa shape index (κ3) is 4.44. The lowest BCUT2D eigenvalue weighted by atomic mass is 9.31. The van der Waals surface area contributed by atoms with Gasteiger partial charge in [-0.25, -0.2) is 0 Å². The van der Waals surface area contributed by atoms with Crippen LogP contribution in [0, 0.1) is 56.7 Å². The first-order chi connectivity index (χ1) is 20.4. The van der Waals surface area contributed by atoms with Crippen LogP contribution >= 0.6 is 0 Å². The molecule has 0 amide bonds. The van der Waals surface area contributed by atoms with Crippen LogP contribution in [0.4, 0.5) is 0 Å². The summed E-state index contributed by atoms with van der Waals surface area (Å²) in [6.45, 7) is 16.3. The van der Waals surface area contributed by atoms with Crippen molar-refractivity contribution in [3.05, 3.63) is 0 Å². The van der Waals surface area contributed by atoms with Gasteiger partial charge in [0.1, 0.15) is 24.4 Å².